The van der Waals surface area contributed by atoms with Gasteiger partial charge in [0.25, 0.3) is 0 Å². The van der Waals surface area contributed by atoms with Gasteiger partial charge in [-0.3, -0.25) is 0 Å². The molecule has 0 amide bonds. The van der Waals surface area contributed by atoms with Crippen LogP contribution < -0.4 is 0 Å². The van der Waals surface area contributed by atoms with Crippen LogP contribution in [-0.4, -0.2) is 11.1 Å². The quantitative estimate of drug-likeness (QED) is 0.749. The molecular formula is C20H16O2. The van der Waals surface area contributed by atoms with Gasteiger partial charge >= 0.3 is 5.97 Å². The van der Waals surface area contributed by atoms with Crippen LogP contribution in [0.25, 0.3) is 16.8 Å². The van der Waals surface area contributed by atoms with E-state index in [1.54, 1.807) is 12.1 Å². The van der Waals surface area contributed by atoms with Gasteiger partial charge in [0.15, 0.2) is 0 Å². The first-order valence-corrected chi connectivity index (χ1v) is 7.21. The second-order valence-corrected chi connectivity index (χ2v) is 5.14. The first kappa shape index (κ1) is 14.1. The highest BCUT2D eigenvalue weighted by atomic mass is 16.4. The van der Waals surface area contributed by atoms with E-state index >= 15 is 0 Å². The lowest BCUT2D eigenvalue weighted by molar-refractivity contribution is 0.0696. The zero-order valence-electron chi connectivity index (χ0n) is 12.1. The standard InChI is InChI=1S/C20H16O2/c21-20(22)19-14-4-2-8-17(19)12-6-11-16-10-5-9-15-7-1-3-13-18(15)16/h1-11,13-14H,12H2,(H,21,22). The molecule has 3 aromatic rings. The van der Waals surface area contributed by atoms with Gasteiger partial charge in [0.05, 0.1) is 5.56 Å². The van der Waals surface area contributed by atoms with Crippen molar-refractivity contribution in [2.45, 2.75) is 6.42 Å². The van der Waals surface area contributed by atoms with Gasteiger partial charge in [-0.1, -0.05) is 72.8 Å². The van der Waals surface area contributed by atoms with Crippen molar-refractivity contribution >= 4 is 22.8 Å². The van der Waals surface area contributed by atoms with Gasteiger partial charge in [0.1, 0.15) is 0 Å². The van der Waals surface area contributed by atoms with E-state index in [1.165, 1.54) is 10.8 Å². The molecular weight excluding hydrogens is 272 g/mol. The molecule has 0 saturated carbocycles. The van der Waals surface area contributed by atoms with Gasteiger partial charge in [-0.15, -0.1) is 0 Å². The molecule has 0 heterocycles. The lowest BCUT2D eigenvalue weighted by atomic mass is 10.0. The molecule has 3 rings (SSSR count). The Morgan fingerprint density at radius 3 is 2.50 bits per heavy atom. The molecule has 0 aliphatic heterocycles. The summed E-state index contributed by atoms with van der Waals surface area (Å²) in [5, 5.41) is 11.6. The van der Waals surface area contributed by atoms with E-state index in [2.05, 4.69) is 30.3 Å². The van der Waals surface area contributed by atoms with Crippen molar-refractivity contribution in [3.05, 3.63) is 89.5 Å². The summed E-state index contributed by atoms with van der Waals surface area (Å²) in [4.78, 5) is 11.2. The highest BCUT2D eigenvalue weighted by Crippen LogP contribution is 2.20. The predicted molar refractivity (Wildman–Crippen MR) is 90.1 cm³/mol. The molecule has 0 fully saturated rings. The minimum atomic E-state index is -0.880. The minimum Gasteiger partial charge on any atom is -0.478 e. The van der Waals surface area contributed by atoms with Gasteiger partial charge in [0, 0.05) is 0 Å². The molecule has 108 valence electrons. The number of carbonyl (C=O) groups is 1. The fourth-order valence-electron chi connectivity index (χ4n) is 2.62. The van der Waals surface area contributed by atoms with Crippen LogP contribution in [0.1, 0.15) is 21.5 Å². The van der Waals surface area contributed by atoms with Crippen molar-refractivity contribution in [3.8, 4) is 0 Å². The highest BCUT2D eigenvalue weighted by molar-refractivity contribution is 5.91. The van der Waals surface area contributed by atoms with Crippen molar-refractivity contribution in [2.75, 3.05) is 0 Å². The summed E-state index contributed by atoms with van der Waals surface area (Å²) in [6, 6.07) is 21.6. The Morgan fingerprint density at radius 2 is 1.64 bits per heavy atom. The summed E-state index contributed by atoms with van der Waals surface area (Å²) in [6.45, 7) is 0. The second-order valence-electron chi connectivity index (χ2n) is 5.14. The van der Waals surface area contributed by atoms with E-state index in [4.69, 9.17) is 0 Å². The Kier molecular flexibility index (Phi) is 4.01. The maximum absolute atomic E-state index is 11.2. The topological polar surface area (TPSA) is 37.3 Å². The molecule has 1 N–H and O–H groups in total. The van der Waals surface area contributed by atoms with E-state index in [0.717, 1.165) is 11.1 Å². The molecule has 0 atom stereocenters. The van der Waals surface area contributed by atoms with Crippen molar-refractivity contribution in [3.63, 3.8) is 0 Å². The second kappa shape index (κ2) is 6.27. The molecule has 0 radical (unpaired) electrons. The summed E-state index contributed by atoms with van der Waals surface area (Å²) in [7, 11) is 0. The minimum absolute atomic E-state index is 0.366. The Morgan fingerprint density at radius 1 is 0.909 bits per heavy atom. The number of hydrogen-bond donors (Lipinski definition) is 1. The Labute approximate surface area is 129 Å². The average Bonchev–Trinajstić information content (AvgIpc) is 2.55. The van der Waals surface area contributed by atoms with Gasteiger partial charge in [-0.25, -0.2) is 4.79 Å². The lowest BCUT2D eigenvalue weighted by Gasteiger charge is -2.03. The van der Waals surface area contributed by atoms with E-state index in [9.17, 15) is 9.90 Å². The Balaban J connectivity index is 1.87. The van der Waals surface area contributed by atoms with Crippen LogP contribution >= 0.6 is 0 Å². The third-order valence-electron chi connectivity index (χ3n) is 3.71. The summed E-state index contributed by atoms with van der Waals surface area (Å²) in [5.74, 6) is -0.880. The normalized spacial score (nSPS) is 11.1. The zero-order valence-corrected chi connectivity index (χ0v) is 12.1. The fourth-order valence-corrected chi connectivity index (χ4v) is 2.62. The average molecular weight is 288 g/mol. The number of rotatable bonds is 4. The molecule has 0 aliphatic carbocycles. The van der Waals surface area contributed by atoms with Crippen LogP contribution in [0.3, 0.4) is 0 Å². The Bertz CT molecular complexity index is 842. The van der Waals surface area contributed by atoms with Crippen LogP contribution in [0.15, 0.2) is 72.8 Å². The molecule has 22 heavy (non-hydrogen) atoms. The molecule has 2 nitrogen and oxygen atoms in total. The Hall–Kier alpha value is -2.87. The molecule has 0 aromatic heterocycles. The van der Waals surface area contributed by atoms with Gasteiger partial charge in [-0.2, -0.15) is 0 Å². The number of benzene rings is 3. The van der Waals surface area contributed by atoms with Crippen molar-refractivity contribution in [1.29, 1.82) is 0 Å². The molecule has 0 bridgehead atoms. The van der Waals surface area contributed by atoms with Crippen LogP contribution in [-0.2, 0) is 6.42 Å². The molecule has 0 aliphatic rings. The summed E-state index contributed by atoms with van der Waals surface area (Å²) >= 11 is 0. The number of fused-ring (bicyclic) bond motifs is 1. The van der Waals surface area contributed by atoms with Gasteiger partial charge < -0.3 is 5.11 Å². The van der Waals surface area contributed by atoms with Crippen molar-refractivity contribution in [2.24, 2.45) is 0 Å². The monoisotopic (exact) mass is 288 g/mol. The third kappa shape index (κ3) is 2.91. The van der Waals surface area contributed by atoms with E-state index in [0.29, 0.717) is 12.0 Å². The summed E-state index contributed by atoms with van der Waals surface area (Å²) < 4.78 is 0. The van der Waals surface area contributed by atoms with E-state index < -0.39 is 5.97 Å². The van der Waals surface area contributed by atoms with Gasteiger partial charge in [-0.05, 0) is 34.4 Å². The third-order valence-corrected chi connectivity index (χ3v) is 3.71. The summed E-state index contributed by atoms with van der Waals surface area (Å²) in [5.41, 5.74) is 2.34. The summed E-state index contributed by atoms with van der Waals surface area (Å²) in [6.07, 6.45) is 4.68. The first-order chi connectivity index (χ1) is 10.8. The largest absolute Gasteiger partial charge is 0.478 e. The van der Waals surface area contributed by atoms with Crippen LogP contribution in [0.2, 0.25) is 0 Å². The number of aromatic carboxylic acids is 1. The SMILES string of the molecule is O=C(O)c1ccccc1CC=Cc1cccc2ccccc12. The van der Waals surface area contributed by atoms with Crippen LogP contribution in [0, 0.1) is 0 Å². The smallest absolute Gasteiger partial charge is 0.335 e. The van der Waals surface area contributed by atoms with Crippen molar-refractivity contribution < 1.29 is 9.90 Å². The number of carboxylic acid groups (broad SMARTS) is 1. The van der Waals surface area contributed by atoms with E-state index in [-0.39, 0.29) is 0 Å². The number of carboxylic acids is 1. The van der Waals surface area contributed by atoms with Crippen LogP contribution in [0.4, 0.5) is 0 Å². The first-order valence-electron chi connectivity index (χ1n) is 7.21. The van der Waals surface area contributed by atoms with E-state index in [1.807, 2.05) is 36.4 Å². The highest BCUT2D eigenvalue weighted by Gasteiger charge is 2.07. The van der Waals surface area contributed by atoms with Crippen molar-refractivity contribution in [1.82, 2.24) is 0 Å². The maximum Gasteiger partial charge on any atom is 0.335 e. The molecule has 0 unspecified atom stereocenters. The molecule has 0 spiro atoms. The zero-order chi connectivity index (χ0) is 15.4. The molecule has 2 heteroatoms. The predicted octanol–water partition coefficient (Wildman–Crippen LogP) is 4.79. The van der Waals surface area contributed by atoms with Gasteiger partial charge in [0.2, 0.25) is 0 Å². The fraction of sp³-hybridized carbons (Fsp3) is 0.0500. The number of hydrogen-bond acceptors (Lipinski definition) is 1. The molecule has 3 aromatic carbocycles. The van der Waals surface area contributed by atoms with Crippen LogP contribution in [0.5, 0.6) is 0 Å². The molecule has 0 saturated heterocycles. The maximum atomic E-state index is 11.2. The number of allylic oxidation sites excluding steroid dienone is 1. The lowest BCUT2D eigenvalue weighted by Crippen LogP contribution is -2.01.